The molecule has 0 aromatic carbocycles. The van der Waals surface area contributed by atoms with Gasteiger partial charge in [0.15, 0.2) is 0 Å². The summed E-state index contributed by atoms with van der Waals surface area (Å²) < 4.78 is 2.72. The van der Waals surface area contributed by atoms with Crippen LogP contribution in [0.15, 0.2) is 21.9 Å². The molecule has 0 aliphatic rings. The normalized spacial score (nSPS) is 11.5. The standard InChI is InChI=1S/C10H12BrN5/c1-7-4-8-5-12-10(13-6-15(2)3)14-16(8)9(7)11/h4-6H,1-3H3/b13-6+. The fraction of sp³-hybridized carbons (Fsp3) is 0.300. The van der Waals surface area contributed by atoms with Crippen molar-refractivity contribution in [3.05, 3.63) is 22.4 Å². The minimum Gasteiger partial charge on any atom is -0.369 e. The molecular weight excluding hydrogens is 270 g/mol. The molecule has 2 heterocycles. The number of aromatic nitrogens is 3. The summed E-state index contributed by atoms with van der Waals surface area (Å²) in [5.41, 5.74) is 2.08. The average Bonchev–Trinajstić information content (AvgIpc) is 2.52. The van der Waals surface area contributed by atoms with E-state index in [2.05, 4.69) is 31.0 Å². The Kier molecular flexibility index (Phi) is 2.91. The molecule has 2 aromatic heterocycles. The van der Waals surface area contributed by atoms with Gasteiger partial charge in [-0.2, -0.15) is 0 Å². The lowest BCUT2D eigenvalue weighted by Crippen LogP contribution is -2.07. The second kappa shape index (κ2) is 4.21. The van der Waals surface area contributed by atoms with Gasteiger partial charge in [-0.15, -0.1) is 5.10 Å². The highest BCUT2D eigenvalue weighted by molar-refractivity contribution is 9.10. The Bertz CT molecular complexity index is 543. The zero-order chi connectivity index (χ0) is 11.7. The minimum atomic E-state index is 0.442. The fourth-order valence-corrected chi connectivity index (χ4v) is 1.68. The van der Waals surface area contributed by atoms with Crippen LogP contribution in [-0.4, -0.2) is 39.9 Å². The lowest BCUT2D eigenvalue weighted by atomic mass is 10.4. The van der Waals surface area contributed by atoms with Crippen LogP contribution in [0.5, 0.6) is 0 Å². The van der Waals surface area contributed by atoms with E-state index in [-0.39, 0.29) is 0 Å². The molecule has 0 aliphatic heterocycles. The molecule has 0 saturated heterocycles. The number of rotatable bonds is 2. The van der Waals surface area contributed by atoms with E-state index in [1.54, 1.807) is 17.1 Å². The van der Waals surface area contributed by atoms with E-state index in [1.807, 2.05) is 32.0 Å². The molecule has 2 aromatic rings. The number of aryl methyl sites for hydroxylation is 1. The molecule has 84 valence electrons. The molecule has 0 fully saturated rings. The highest BCUT2D eigenvalue weighted by Gasteiger charge is 2.05. The van der Waals surface area contributed by atoms with Gasteiger partial charge in [-0.3, -0.25) is 0 Å². The highest BCUT2D eigenvalue weighted by Crippen LogP contribution is 2.20. The van der Waals surface area contributed by atoms with Gasteiger partial charge >= 0.3 is 0 Å². The van der Waals surface area contributed by atoms with Crippen molar-refractivity contribution in [1.29, 1.82) is 0 Å². The maximum Gasteiger partial charge on any atom is 0.268 e. The molecule has 0 bridgehead atoms. The van der Waals surface area contributed by atoms with E-state index in [0.29, 0.717) is 5.95 Å². The highest BCUT2D eigenvalue weighted by atomic mass is 79.9. The van der Waals surface area contributed by atoms with E-state index in [0.717, 1.165) is 15.7 Å². The minimum absolute atomic E-state index is 0.442. The summed E-state index contributed by atoms with van der Waals surface area (Å²) >= 11 is 3.48. The Morgan fingerprint density at radius 2 is 2.25 bits per heavy atom. The van der Waals surface area contributed by atoms with Gasteiger partial charge in [0, 0.05) is 14.1 Å². The summed E-state index contributed by atoms with van der Waals surface area (Å²) in [7, 11) is 3.80. The van der Waals surface area contributed by atoms with E-state index >= 15 is 0 Å². The molecule has 0 unspecified atom stereocenters. The van der Waals surface area contributed by atoms with Crippen molar-refractivity contribution in [2.75, 3.05) is 14.1 Å². The summed E-state index contributed by atoms with van der Waals surface area (Å²) in [6, 6.07) is 2.02. The summed E-state index contributed by atoms with van der Waals surface area (Å²) in [4.78, 5) is 10.1. The first-order valence-electron chi connectivity index (χ1n) is 4.79. The van der Waals surface area contributed by atoms with Crippen LogP contribution >= 0.6 is 15.9 Å². The Hall–Kier alpha value is -1.43. The lowest BCUT2D eigenvalue weighted by Gasteiger charge is -2.01. The van der Waals surface area contributed by atoms with E-state index in [9.17, 15) is 0 Å². The molecule has 0 radical (unpaired) electrons. The molecule has 0 aliphatic carbocycles. The van der Waals surface area contributed by atoms with Crippen molar-refractivity contribution in [1.82, 2.24) is 19.5 Å². The van der Waals surface area contributed by atoms with Crippen LogP contribution in [0.1, 0.15) is 5.56 Å². The van der Waals surface area contributed by atoms with Crippen molar-refractivity contribution < 1.29 is 0 Å². The van der Waals surface area contributed by atoms with Gasteiger partial charge in [-0.05, 0) is 34.5 Å². The zero-order valence-corrected chi connectivity index (χ0v) is 10.9. The topological polar surface area (TPSA) is 45.8 Å². The third-order valence-electron chi connectivity index (χ3n) is 2.03. The van der Waals surface area contributed by atoms with Crippen LogP contribution in [0, 0.1) is 6.92 Å². The average molecular weight is 282 g/mol. The van der Waals surface area contributed by atoms with Crippen LogP contribution in [0.3, 0.4) is 0 Å². The number of nitrogens with zero attached hydrogens (tertiary/aromatic N) is 5. The Balaban J connectivity index is 2.47. The maximum absolute atomic E-state index is 4.30. The first-order valence-corrected chi connectivity index (χ1v) is 5.59. The van der Waals surface area contributed by atoms with Gasteiger partial charge in [-0.25, -0.2) is 14.5 Å². The Labute approximate surface area is 102 Å². The van der Waals surface area contributed by atoms with Crippen LogP contribution in [0.2, 0.25) is 0 Å². The Morgan fingerprint density at radius 1 is 1.50 bits per heavy atom. The third kappa shape index (κ3) is 2.06. The summed E-state index contributed by atoms with van der Waals surface area (Å²) in [5, 5.41) is 4.30. The summed E-state index contributed by atoms with van der Waals surface area (Å²) in [6.45, 7) is 2.02. The number of hydrogen-bond donors (Lipinski definition) is 0. The van der Waals surface area contributed by atoms with E-state index in [1.165, 1.54) is 0 Å². The lowest BCUT2D eigenvalue weighted by molar-refractivity contribution is 0.642. The van der Waals surface area contributed by atoms with Crippen molar-refractivity contribution in [2.45, 2.75) is 6.92 Å². The monoisotopic (exact) mass is 281 g/mol. The van der Waals surface area contributed by atoms with Crippen molar-refractivity contribution in [2.24, 2.45) is 4.99 Å². The fourth-order valence-electron chi connectivity index (χ4n) is 1.28. The van der Waals surface area contributed by atoms with Gasteiger partial charge in [0.1, 0.15) is 4.60 Å². The molecule has 0 N–H and O–H groups in total. The van der Waals surface area contributed by atoms with Crippen molar-refractivity contribution in [3.8, 4) is 0 Å². The summed E-state index contributed by atoms with van der Waals surface area (Å²) in [6.07, 6.45) is 3.43. The number of halogens is 1. The van der Waals surface area contributed by atoms with E-state index in [4.69, 9.17) is 0 Å². The van der Waals surface area contributed by atoms with E-state index < -0.39 is 0 Å². The molecule has 2 rings (SSSR count). The number of aliphatic imine (C=N–C) groups is 1. The number of fused-ring (bicyclic) bond motifs is 1. The van der Waals surface area contributed by atoms with Crippen LogP contribution in [0.4, 0.5) is 5.95 Å². The van der Waals surface area contributed by atoms with Crippen LogP contribution < -0.4 is 0 Å². The molecule has 0 atom stereocenters. The number of hydrogen-bond acceptors (Lipinski definition) is 3. The zero-order valence-electron chi connectivity index (χ0n) is 9.35. The van der Waals surface area contributed by atoms with Gasteiger partial charge in [0.2, 0.25) is 0 Å². The van der Waals surface area contributed by atoms with Gasteiger partial charge < -0.3 is 4.90 Å². The van der Waals surface area contributed by atoms with Crippen molar-refractivity contribution >= 4 is 33.7 Å². The third-order valence-corrected chi connectivity index (χ3v) is 2.99. The Morgan fingerprint density at radius 3 is 2.94 bits per heavy atom. The first-order chi connectivity index (χ1) is 7.58. The van der Waals surface area contributed by atoms with Gasteiger partial charge in [0.05, 0.1) is 18.1 Å². The van der Waals surface area contributed by atoms with Crippen molar-refractivity contribution in [3.63, 3.8) is 0 Å². The van der Waals surface area contributed by atoms with Gasteiger partial charge in [0.25, 0.3) is 5.95 Å². The van der Waals surface area contributed by atoms with Crippen LogP contribution in [-0.2, 0) is 0 Å². The second-order valence-electron chi connectivity index (χ2n) is 3.72. The largest absolute Gasteiger partial charge is 0.369 e. The molecule has 0 spiro atoms. The predicted molar refractivity (Wildman–Crippen MR) is 67.3 cm³/mol. The van der Waals surface area contributed by atoms with Crippen LogP contribution in [0.25, 0.3) is 5.52 Å². The maximum atomic E-state index is 4.30. The molecule has 6 heteroatoms. The first kappa shape index (κ1) is 11.1. The molecule has 16 heavy (non-hydrogen) atoms. The molecule has 0 saturated carbocycles. The summed E-state index contributed by atoms with van der Waals surface area (Å²) in [5.74, 6) is 0.442. The second-order valence-corrected chi connectivity index (χ2v) is 4.47. The predicted octanol–water partition coefficient (Wildman–Crippen LogP) is 2.02. The molecule has 0 amide bonds. The molecule has 5 nitrogen and oxygen atoms in total. The molecular formula is C10H12BrN5. The van der Waals surface area contributed by atoms with Gasteiger partial charge in [-0.1, -0.05) is 0 Å². The quantitative estimate of drug-likeness (QED) is 0.625. The SMILES string of the molecule is Cc1cc2cnc(/N=C/N(C)C)nn2c1Br. The smallest absolute Gasteiger partial charge is 0.268 e.